The highest BCUT2D eigenvalue weighted by Crippen LogP contribution is 2.36. The van der Waals surface area contributed by atoms with Crippen molar-refractivity contribution >= 4 is 34.7 Å². The number of carbonyl (C=O) groups is 2. The SMILES string of the molecule is COc1cc(OC)c(NC(C)C(=O)Nc2ccccc2C(C)=O)cc1Cl. The van der Waals surface area contributed by atoms with Crippen molar-refractivity contribution in [2.45, 2.75) is 19.9 Å². The Morgan fingerprint density at radius 3 is 2.31 bits per heavy atom. The molecule has 2 aromatic rings. The van der Waals surface area contributed by atoms with Crippen molar-refractivity contribution in [2.75, 3.05) is 24.9 Å². The molecule has 0 radical (unpaired) electrons. The van der Waals surface area contributed by atoms with E-state index < -0.39 is 6.04 Å². The topological polar surface area (TPSA) is 76.7 Å². The van der Waals surface area contributed by atoms with E-state index in [9.17, 15) is 9.59 Å². The molecule has 0 saturated carbocycles. The molecule has 0 aromatic heterocycles. The largest absolute Gasteiger partial charge is 0.495 e. The minimum absolute atomic E-state index is 0.120. The number of hydrogen-bond acceptors (Lipinski definition) is 5. The fourth-order valence-electron chi connectivity index (χ4n) is 2.41. The fraction of sp³-hybridized carbons (Fsp3) is 0.263. The number of carbonyl (C=O) groups excluding carboxylic acids is 2. The zero-order chi connectivity index (χ0) is 19.3. The molecule has 0 aliphatic carbocycles. The van der Waals surface area contributed by atoms with Gasteiger partial charge >= 0.3 is 0 Å². The van der Waals surface area contributed by atoms with Crippen molar-refractivity contribution in [1.29, 1.82) is 0 Å². The number of para-hydroxylation sites is 1. The summed E-state index contributed by atoms with van der Waals surface area (Å²) in [5.74, 6) is 0.550. The van der Waals surface area contributed by atoms with Crippen LogP contribution in [-0.4, -0.2) is 32.0 Å². The molecule has 26 heavy (non-hydrogen) atoms. The van der Waals surface area contributed by atoms with Crippen molar-refractivity contribution < 1.29 is 19.1 Å². The van der Waals surface area contributed by atoms with Crippen LogP contribution in [0.5, 0.6) is 11.5 Å². The Morgan fingerprint density at radius 2 is 1.69 bits per heavy atom. The maximum absolute atomic E-state index is 12.5. The molecule has 0 fully saturated rings. The summed E-state index contributed by atoms with van der Waals surface area (Å²) in [5, 5.41) is 6.22. The van der Waals surface area contributed by atoms with Crippen molar-refractivity contribution in [3.05, 3.63) is 47.0 Å². The lowest BCUT2D eigenvalue weighted by Gasteiger charge is -2.19. The molecule has 1 unspecified atom stereocenters. The summed E-state index contributed by atoms with van der Waals surface area (Å²) < 4.78 is 10.5. The van der Waals surface area contributed by atoms with Gasteiger partial charge in [-0.3, -0.25) is 9.59 Å². The third-order valence-electron chi connectivity index (χ3n) is 3.80. The third-order valence-corrected chi connectivity index (χ3v) is 4.10. The lowest BCUT2D eigenvalue weighted by molar-refractivity contribution is -0.116. The Hall–Kier alpha value is -2.73. The average molecular weight is 377 g/mol. The Morgan fingerprint density at radius 1 is 1.04 bits per heavy atom. The summed E-state index contributed by atoms with van der Waals surface area (Å²) >= 11 is 6.15. The van der Waals surface area contributed by atoms with Crippen LogP contribution in [-0.2, 0) is 4.79 Å². The first-order valence-electron chi connectivity index (χ1n) is 7.96. The first-order chi connectivity index (χ1) is 12.4. The predicted molar refractivity (Wildman–Crippen MR) is 103 cm³/mol. The maximum atomic E-state index is 12.5. The van der Waals surface area contributed by atoms with Gasteiger partial charge in [-0.05, 0) is 32.0 Å². The zero-order valence-electron chi connectivity index (χ0n) is 15.1. The maximum Gasteiger partial charge on any atom is 0.246 e. The fourth-order valence-corrected chi connectivity index (χ4v) is 2.65. The first-order valence-corrected chi connectivity index (χ1v) is 8.34. The van der Waals surface area contributed by atoms with Crippen LogP contribution in [0.3, 0.4) is 0 Å². The number of rotatable bonds is 7. The van der Waals surface area contributed by atoms with Gasteiger partial charge in [0, 0.05) is 11.6 Å². The normalized spacial score (nSPS) is 11.4. The second-order valence-corrected chi connectivity index (χ2v) is 6.05. The highest BCUT2D eigenvalue weighted by molar-refractivity contribution is 6.32. The lowest BCUT2D eigenvalue weighted by atomic mass is 10.1. The molecule has 2 aromatic carbocycles. The summed E-state index contributed by atoms with van der Waals surface area (Å²) in [5.41, 5.74) is 1.48. The molecule has 0 heterocycles. The number of amides is 1. The number of benzene rings is 2. The second-order valence-electron chi connectivity index (χ2n) is 5.64. The summed E-state index contributed by atoms with van der Waals surface area (Å²) in [6.45, 7) is 3.15. The van der Waals surface area contributed by atoms with Gasteiger partial charge in [0.1, 0.15) is 17.5 Å². The van der Waals surface area contributed by atoms with Crippen molar-refractivity contribution in [1.82, 2.24) is 0 Å². The molecule has 7 heteroatoms. The number of anilines is 2. The molecule has 6 nitrogen and oxygen atoms in total. The number of ketones is 1. The van der Waals surface area contributed by atoms with Crippen LogP contribution in [0, 0.1) is 0 Å². The van der Waals surface area contributed by atoms with Crippen molar-refractivity contribution in [2.24, 2.45) is 0 Å². The predicted octanol–water partition coefficient (Wildman–Crippen LogP) is 4.00. The minimum Gasteiger partial charge on any atom is -0.495 e. The summed E-state index contributed by atoms with van der Waals surface area (Å²) in [7, 11) is 3.03. The number of ether oxygens (including phenoxy) is 2. The van der Waals surface area contributed by atoms with Gasteiger partial charge in [-0.25, -0.2) is 0 Å². The molecule has 138 valence electrons. The van der Waals surface area contributed by atoms with E-state index in [0.29, 0.717) is 33.5 Å². The van der Waals surface area contributed by atoms with Crippen LogP contribution in [0.2, 0.25) is 5.02 Å². The summed E-state index contributed by atoms with van der Waals surface area (Å²) in [6, 6.07) is 9.53. The van der Waals surface area contributed by atoms with Gasteiger partial charge in [0.05, 0.1) is 30.6 Å². The molecule has 0 bridgehead atoms. The first kappa shape index (κ1) is 19.6. The standard InChI is InChI=1S/C19H21ClN2O4/c1-11(19(24)22-15-8-6-5-7-13(15)12(2)23)21-16-9-14(20)17(25-3)10-18(16)26-4/h5-11,21H,1-4H3,(H,22,24). The van der Waals surface area contributed by atoms with Crippen LogP contribution in [0.25, 0.3) is 0 Å². The van der Waals surface area contributed by atoms with Crippen LogP contribution < -0.4 is 20.1 Å². The third kappa shape index (κ3) is 4.46. The van der Waals surface area contributed by atoms with Gasteiger partial charge in [0.2, 0.25) is 5.91 Å². The van der Waals surface area contributed by atoms with E-state index in [1.165, 1.54) is 21.1 Å². The molecule has 1 amide bonds. The van der Waals surface area contributed by atoms with E-state index >= 15 is 0 Å². The molecule has 0 aliphatic rings. The van der Waals surface area contributed by atoms with E-state index in [-0.39, 0.29) is 11.7 Å². The highest BCUT2D eigenvalue weighted by Gasteiger charge is 2.18. The van der Waals surface area contributed by atoms with Gasteiger partial charge in [-0.15, -0.1) is 0 Å². The van der Waals surface area contributed by atoms with Gasteiger partial charge in [0.25, 0.3) is 0 Å². The molecule has 2 rings (SSSR count). The number of nitrogens with one attached hydrogen (secondary N) is 2. The zero-order valence-corrected chi connectivity index (χ0v) is 15.8. The number of halogens is 1. The Balaban J connectivity index is 2.18. The van der Waals surface area contributed by atoms with E-state index in [0.717, 1.165) is 0 Å². The van der Waals surface area contributed by atoms with Crippen molar-refractivity contribution in [3.63, 3.8) is 0 Å². The number of hydrogen-bond donors (Lipinski definition) is 2. The number of Topliss-reactive ketones (excluding diaryl/α,β-unsaturated/α-hetero) is 1. The Bertz CT molecular complexity index is 823. The Labute approximate surface area is 157 Å². The summed E-state index contributed by atoms with van der Waals surface area (Å²) in [4.78, 5) is 24.2. The smallest absolute Gasteiger partial charge is 0.246 e. The minimum atomic E-state index is -0.603. The van der Waals surface area contributed by atoms with Gasteiger partial charge in [-0.1, -0.05) is 23.7 Å². The molecule has 0 saturated heterocycles. The molecule has 1 atom stereocenters. The van der Waals surface area contributed by atoms with Crippen molar-refractivity contribution in [3.8, 4) is 11.5 Å². The lowest BCUT2D eigenvalue weighted by Crippen LogP contribution is -2.32. The molecular weight excluding hydrogens is 356 g/mol. The summed E-state index contributed by atoms with van der Waals surface area (Å²) in [6.07, 6.45) is 0. The van der Waals surface area contributed by atoms with Crippen LogP contribution in [0.15, 0.2) is 36.4 Å². The monoisotopic (exact) mass is 376 g/mol. The van der Waals surface area contributed by atoms with E-state index in [4.69, 9.17) is 21.1 Å². The quantitative estimate of drug-likeness (QED) is 0.714. The van der Waals surface area contributed by atoms with Gasteiger partial charge in [0.15, 0.2) is 5.78 Å². The molecule has 2 N–H and O–H groups in total. The second kappa shape index (κ2) is 8.58. The Kier molecular flexibility index (Phi) is 6.46. The van der Waals surface area contributed by atoms with Crippen LogP contribution in [0.1, 0.15) is 24.2 Å². The van der Waals surface area contributed by atoms with Crippen LogP contribution >= 0.6 is 11.6 Å². The van der Waals surface area contributed by atoms with Gasteiger partial charge < -0.3 is 20.1 Å². The highest BCUT2D eigenvalue weighted by atomic mass is 35.5. The van der Waals surface area contributed by atoms with Gasteiger partial charge in [-0.2, -0.15) is 0 Å². The van der Waals surface area contributed by atoms with E-state index in [1.807, 2.05) is 0 Å². The van der Waals surface area contributed by atoms with E-state index in [1.54, 1.807) is 43.3 Å². The molecule has 0 spiro atoms. The molecular formula is C19H21ClN2O4. The van der Waals surface area contributed by atoms with Crippen LogP contribution in [0.4, 0.5) is 11.4 Å². The molecule has 0 aliphatic heterocycles. The number of methoxy groups -OCH3 is 2. The van der Waals surface area contributed by atoms with E-state index in [2.05, 4.69) is 10.6 Å². The average Bonchev–Trinajstić information content (AvgIpc) is 2.62.